The minimum atomic E-state index is 0.597. The molecule has 0 unspecified atom stereocenters. The van der Waals surface area contributed by atoms with Crippen LogP contribution in [0.2, 0.25) is 0 Å². The first kappa shape index (κ1) is 30.3. The molecule has 0 saturated heterocycles. The molecule has 0 bridgehead atoms. The van der Waals surface area contributed by atoms with E-state index in [9.17, 15) is 0 Å². The number of para-hydroxylation sites is 2. The average Bonchev–Trinajstić information content (AvgIpc) is 3.93. The summed E-state index contributed by atoms with van der Waals surface area (Å²) in [7, 11) is 0. The normalized spacial score (nSPS) is 12.0. The summed E-state index contributed by atoms with van der Waals surface area (Å²) in [5.41, 5.74) is 7.75. The van der Waals surface area contributed by atoms with Gasteiger partial charge in [-0.05, 0) is 47.9 Å². The highest BCUT2D eigenvalue weighted by Gasteiger charge is 2.24. The highest BCUT2D eigenvalue weighted by atomic mass is 32.1. The van der Waals surface area contributed by atoms with Gasteiger partial charge in [-0.15, -0.1) is 11.3 Å². The summed E-state index contributed by atoms with van der Waals surface area (Å²) < 4.78 is 12.0. The van der Waals surface area contributed by atoms with Gasteiger partial charge in [0.15, 0.2) is 17.5 Å². The van der Waals surface area contributed by atoms with E-state index in [1.165, 1.54) is 30.9 Å². The van der Waals surface area contributed by atoms with Crippen molar-refractivity contribution in [3.8, 4) is 39.9 Å². The van der Waals surface area contributed by atoms with E-state index < -0.39 is 0 Å². The van der Waals surface area contributed by atoms with Crippen molar-refractivity contribution >= 4 is 86.0 Å². The quantitative estimate of drug-likeness (QED) is 0.182. The maximum atomic E-state index is 6.95. The second kappa shape index (κ2) is 11.7. The van der Waals surface area contributed by atoms with E-state index in [4.69, 9.17) is 19.4 Å². The van der Waals surface area contributed by atoms with Gasteiger partial charge in [0.2, 0.25) is 0 Å². The van der Waals surface area contributed by atoms with Gasteiger partial charge in [0.25, 0.3) is 0 Å². The summed E-state index contributed by atoms with van der Waals surface area (Å²) in [5, 5.41) is 9.17. The molecule has 6 heteroatoms. The number of hydrogen-bond donors (Lipinski definition) is 0. The van der Waals surface area contributed by atoms with Crippen LogP contribution in [0.25, 0.3) is 115 Å². The zero-order valence-electron chi connectivity index (χ0n) is 29.3. The second-order valence-corrected chi connectivity index (χ2v) is 15.0. The van der Waals surface area contributed by atoms with Crippen LogP contribution in [0.4, 0.5) is 0 Å². The molecule has 0 radical (unpaired) electrons. The Balaban J connectivity index is 1.20. The van der Waals surface area contributed by atoms with Gasteiger partial charge in [0, 0.05) is 63.8 Å². The highest BCUT2D eigenvalue weighted by Crippen LogP contribution is 2.47. The van der Waals surface area contributed by atoms with Crippen LogP contribution in [0.3, 0.4) is 0 Å². The fourth-order valence-electron chi connectivity index (χ4n) is 8.47. The minimum Gasteiger partial charge on any atom is -0.455 e. The molecule has 256 valence electrons. The van der Waals surface area contributed by atoms with Gasteiger partial charge in [-0.2, -0.15) is 0 Å². The lowest BCUT2D eigenvalue weighted by molar-refractivity contribution is 0.672. The highest BCUT2D eigenvalue weighted by molar-refractivity contribution is 7.26. The first-order chi connectivity index (χ1) is 27.3. The molecule has 4 heterocycles. The van der Waals surface area contributed by atoms with Crippen LogP contribution in [0.15, 0.2) is 174 Å². The van der Waals surface area contributed by atoms with Crippen molar-refractivity contribution in [2.24, 2.45) is 0 Å². The fourth-order valence-corrected chi connectivity index (χ4v) is 9.58. The Morgan fingerprint density at radius 2 is 1.09 bits per heavy atom. The predicted molar refractivity (Wildman–Crippen MR) is 228 cm³/mol. The summed E-state index contributed by atoms with van der Waals surface area (Å²) in [6.07, 6.45) is 0. The van der Waals surface area contributed by atoms with Crippen LogP contribution in [0, 0.1) is 0 Å². The monoisotopic (exact) mass is 720 g/mol. The Bertz CT molecular complexity index is 3430. The van der Waals surface area contributed by atoms with Gasteiger partial charge in [0.1, 0.15) is 11.2 Å². The SMILES string of the molecule is c1ccc(-c2nc(-c3ccccc3)nc(-c3cc4cccc(-n5c6ccccc6c6c7c(ccc65)sc5ccccc57)c4c4oc5ccccc5c34)n2)cc1. The Kier molecular flexibility index (Phi) is 6.44. The number of thiophene rings is 1. The van der Waals surface area contributed by atoms with Gasteiger partial charge < -0.3 is 8.98 Å². The lowest BCUT2D eigenvalue weighted by atomic mass is 9.98. The molecule has 0 spiro atoms. The molecule has 0 fully saturated rings. The Morgan fingerprint density at radius 1 is 0.436 bits per heavy atom. The lowest BCUT2D eigenvalue weighted by Crippen LogP contribution is -2.01. The molecule has 0 atom stereocenters. The molecule has 0 saturated carbocycles. The van der Waals surface area contributed by atoms with Crippen molar-refractivity contribution in [1.82, 2.24) is 19.5 Å². The Morgan fingerprint density at radius 3 is 1.87 bits per heavy atom. The van der Waals surface area contributed by atoms with Crippen molar-refractivity contribution in [2.75, 3.05) is 0 Å². The van der Waals surface area contributed by atoms with Gasteiger partial charge in [0.05, 0.1) is 16.7 Å². The van der Waals surface area contributed by atoms with Crippen molar-refractivity contribution < 1.29 is 4.42 Å². The van der Waals surface area contributed by atoms with Gasteiger partial charge >= 0.3 is 0 Å². The minimum absolute atomic E-state index is 0.597. The number of nitrogens with zero attached hydrogens (tertiary/aromatic N) is 4. The van der Waals surface area contributed by atoms with E-state index in [2.05, 4.69) is 102 Å². The third-order valence-corrected chi connectivity index (χ3v) is 12.0. The first-order valence-corrected chi connectivity index (χ1v) is 19.2. The third-order valence-electron chi connectivity index (χ3n) is 10.8. The summed E-state index contributed by atoms with van der Waals surface area (Å²) in [4.78, 5) is 15.3. The number of hydrogen-bond acceptors (Lipinski definition) is 5. The van der Waals surface area contributed by atoms with E-state index in [-0.39, 0.29) is 0 Å². The summed E-state index contributed by atoms with van der Waals surface area (Å²) in [6.45, 7) is 0. The fraction of sp³-hybridized carbons (Fsp3) is 0. The van der Waals surface area contributed by atoms with E-state index in [0.717, 1.165) is 66.1 Å². The molecule has 0 aliphatic carbocycles. The molecule has 0 amide bonds. The lowest BCUT2D eigenvalue weighted by Gasteiger charge is -2.14. The molecule has 0 aliphatic rings. The van der Waals surface area contributed by atoms with Crippen molar-refractivity contribution in [3.05, 3.63) is 170 Å². The molecule has 8 aromatic carbocycles. The van der Waals surface area contributed by atoms with Crippen molar-refractivity contribution in [1.29, 1.82) is 0 Å². The Hall–Kier alpha value is -7.15. The van der Waals surface area contributed by atoms with Crippen LogP contribution in [0.5, 0.6) is 0 Å². The van der Waals surface area contributed by atoms with Gasteiger partial charge in [-0.3, -0.25) is 0 Å². The number of rotatable bonds is 4. The molecule has 12 aromatic rings. The molecular formula is C49H28N4OS. The topological polar surface area (TPSA) is 56.7 Å². The van der Waals surface area contributed by atoms with Crippen LogP contribution in [-0.2, 0) is 0 Å². The van der Waals surface area contributed by atoms with E-state index in [1.807, 2.05) is 84.1 Å². The molecule has 4 aromatic heterocycles. The summed E-state index contributed by atoms with van der Waals surface area (Å²) in [6, 6.07) is 59.4. The molecule has 5 nitrogen and oxygen atoms in total. The van der Waals surface area contributed by atoms with Crippen molar-refractivity contribution in [2.45, 2.75) is 0 Å². The molecule has 0 aliphatic heterocycles. The van der Waals surface area contributed by atoms with Gasteiger partial charge in [-0.1, -0.05) is 127 Å². The van der Waals surface area contributed by atoms with E-state index in [0.29, 0.717) is 17.5 Å². The zero-order valence-corrected chi connectivity index (χ0v) is 30.1. The Labute approximate surface area is 318 Å². The molecule has 0 N–H and O–H groups in total. The number of furan rings is 1. The van der Waals surface area contributed by atoms with Crippen LogP contribution >= 0.6 is 11.3 Å². The van der Waals surface area contributed by atoms with E-state index in [1.54, 1.807) is 0 Å². The zero-order chi connectivity index (χ0) is 36.0. The number of benzene rings is 8. The molecule has 55 heavy (non-hydrogen) atoms. The van der Waals surface area contributed by atoms with Crippen LogP contribution < -0.4 is 0 Å². The summed E-state index contributed by atoms with van der Waals surface area (Å²) >= 11 is 1.85. The first-order valence-electron chi connectivity index (χ1n) is 18.4. The third kappa shape index (κ3) is 4.49. The largest absolute Gasteiger partial charge is 0.455 e. The average molecular weight is 721 g/mol. The van der Waals surface area contributed by atoms with Crippen LogP contribution in [-0.4, -0.2) is 19.5 Å². The smallest absolute Gasteiger partial charge is 0.164 e. The number of aromatic nitrogens is 4. The maximum Gasteiger partial charge on any atom is 0.164 e. The number of fused-ring (bicyclic) bond motifs is 12. The van der Waals surface area contributed by atoms with Crippen LogP contribution in [0.1, 0.15) is 0 Å². The summed E-state index contributed by atoms with van der Waals surface area (Å²) in [5.74, 6) is 1.84. The van der Waals surface area contributed by atoms with Gasteiger partial charge in [-0.25, -0.2) is 15.0 Å². The van der Waals surface area contributed by atoms with Crippen molar-refractivity contribution in [3.63, 3.8) is 0 Å². The van der Waals surface area contributed by atoms with E-state index >= 15 is 0 Å². The molecular weight excluding hydrogens is 693 g/mol. The molecule has 12 rings (SSSR count). The maximum absolute atomic E-state index is 6.95. The predicted octanol–water partition coefficient (Wildman–Crippen LogP) is 13.4. The standard InChI is InChI=1S/C49H28N4OS/c1-3-14-29(15-4-1)47-50-48(30-16-5-2-6-17-30)52-49(51-47)35-28-31-18-13-23-37(42(31)46-43(35)33-20-8-11-24-39(33)54-46)53-36-22-10-7-19-32(36)44-38(53)26-27-41-45(44)34-21-9-12-25-40(34)55-41/h1-28H. The second-order valence-electron chi connectivity index (χ2n) is 13.9.